The fourth-order valence-electron chi connectivity index (χ4n) is 1.52. The molecule has 2 rings (SSSR count). The van der Waals surface area contributed by atoms with E-state index in [9.17, 15) is 14.3 Å². The molecule has 0 aliphatic heterocycles. The van der Waals surface area contributed by atoms with Gasteiger partial charge in [-0.3, -0.25) is 5.10 Å². The fraction of sp³-hybridized carbons (Fsp3) is 0.0909. The van der Waals surface area contributed by atoms with Gasteiger partial charge in [0, 0.05) is 5.56 Å². The summed E-state index contributed by atoms with van der Waals surface area (Å²) in [6.45, 7) is 0. The number of aromatic nitrogens is 2. The molecule has 0 atom stereocenters. The number of methoxy groups -OCH3 is 1. The van der Waals surface area contributed by atoms with Gasteiger partial charge in [0.2, 0.25) is 0 Å². The third-order valence-electron chi connectivity index (χ3n) is 2.37. The van der Waals surface area contributed by atoms with E-state index in [0.29, 0.717) is 5.56 Å². The normalized spacial score (nSPS) is 10.3. The average Bonchev–Trinajstić information content (AvgIpc) is 2.82. The molecule has 3 N–H and O–H groups in total. The Kier molecular flexibility index (Phi) is 2.88. The first-order valence-electron chi connectivity index (χ1n) is 4.89. The molecule has 1 aromatic heterocycles. The van der Waals surface area contributed by atoms with Crippen molar-refractivity contribution in [2.75, 3.05) is 7.11 Å². The summed E-state index contributed by atoms with van der Waals surface area (Å²) < 4.78 is 18.0. The molecule has 1 aromatic carbocycles. The lowest BCUT2D eigenvalue weighted by Gasteiger charge is -2.08. The molecule has 0 fully saturated rings. The van der Waals surface area contributed by atoms with Crippen LogP contribution in [-0.2, 0) is 0 Å². The lowest BCUT2D eigenvalue weighted by molar-refractivity contribution is 0.0690. The number of phenolic OH excluding ortho intramolecular Hbond substituents is 1. The minimum absolute atomic E-state index is 0.0987. The van der Waals surface area contributed by atoms with Crippen LogP contribution in [0.15, 0.2) is 18.2 Å². The highest BCUT2D eigenvalue weighted by Gasteiger charge is 2.18. The van der Waals surface area contributed by atoms with E-state index in [1.54, 1.807) is 0 Å². The molecule has 0 amide bonds. The molecule has 7 heteroatoms. The van der Waals surface area contributed by atoms with Gasteiger partial charge in [0.1, 0.15) is 5.69 Å². The molecule has 94 valence electrons. The van der Waals surface area contributed by atoms with Crippen LogP contribution in [0.4, 0.5) is 4.39 Å². The first kappa shape index (κ1) is 11.9. The number of hydrogen-bond donors (Lipinski definition) is 3. The van der Waals surface area contributed by atoms with Crippen LogP contribution >= 0.6 is 0 Å². The second-order valence-corrected chi connectivity index (χ2v) is 3.45. The van der Waals surface area contributed by atoms with Crippen molar-refractivity contribution in [2.45, 2.75) is 0 Å². The highest BCUT2D eigenvalue weighted by molar-refractivity contribution is 5.87. The topological polar surface area (TPSA) is 95.4 Å². The van der Waals surface area contributed by atoms with Crippen LogP contribution in [0, 0.1) is 5.82 Å². The number of benzene rings is 1. The Morgan fingerprint density at radius 1 is 1.50 bits per heavy atom. The molecule has 0 saturated carbocycles. The molecule has 0 bridgehead atoms. The van der Waals surface area contributed by atoms with Gasteiger partial charge in [0.25, 0.3) is 0 Å². The van der Waals surface area contributed by atoms with Gasteiger partial charge in [-0.25, -0.2) is 9.18 Å². The number of carboxylic acid groups (broad SMARTS) is 1. The number of nitrogens with zero attached hydrogens (tertiary/aromatic N) is 1. The molecule has 0 aliphatic rings. The summed E-state index contributed by atoms with van der Waals surface area (Å²) in [5, 5.41) is 24.3. The number of ether oxygens (including phenoxy) is 1. The van der Waals surface area contributed by atoms with Crippen LogP contribution in [-0.4, -0.2) is 33.5 Å². The molecule has 0 saturated heterocycles. The number of aromatic amines is 1. The monoisotopic (exact) mass is 252 g/mol. The Bertz CT molecular complexity index is 609. The minimum Gasteiger partial charge on any atom is -0.502 e. The number of aromatic hydroxyl groups is 1. The molecule has 0 aliphatic carbocycles. The van der Waals surface area contributed by atoms with Crippen molar-refractivity contribution in [3.8, 4) is 22.8 Å². The van der Waals surface area contributed by atoms with Gasteiger partial charge < -0.3 is 14.9 Å². The third kappa shape index (κ3) is 1.86. The summed E-state index contributed by atoms with van der Waals surface area (Å²) in [6, 6.07) is 3.65. The molecular weight excluding hydrogens is 243 g/mol. The molecule has 0 radical (unpaired) electrons. The van der Waals surface area contributed by atoms with Crippen molar-refractivity contribution in [1.82, 2.24) is 10.2 Å². The Morgan fingerprint density at radius 2 is 2.22 bits per heavy atom. The average molecular weight is 252 g/mol. The molecule has 0 unspecified atom stereocenters. The van der Waals surface area contributed by atoms with Crippen LogP contribution < -0.4 is 4.74 Å². The number of rotatable bonds is 3. The summed E-state index contributed by atoms with van der Waals surface area (Å²) in [5.74, 6) is -2.74. The lowest BCUT2D eigenvalue weighted by atomic mass is 10.1. The highest BCUT2D eigenvalue weighted by Crippen LogP contribution is 2.38. The van der Waals surface area contributed by atoms with Crippen molar-refractivity contribution in [1.29, 1.82) is 0 Å². The van der Waals surface area contributed by atoms with Crippen molar-refractivity contribution >= 4 is 5.97 Å². The van der Waals surface area contributed by atoms with E-state index in [4.69, 9.17) is 9.84 Å². The van der Waals surface area contributed by atoms with Gasteiger partial charge in [-0.15, -0.1) is 0 Å². The van der Waals surface area contributed by atoms with E-state index >= 15 is 0 Å². The SMILES string of the molecule is COc1c(-c2cc(C(=O)O)[nH]n2)ccc(F)c1O. The summed E-state index contributed by atoms with van der Waals surface area (Å²) in [7, 11) is 1.27. The zero-order valence-corrected chi connectivity index (χ0v) is 9.27. The van der Waals surface area contributed by atoms with Crippen LogP contribution in [0.3, 0.4) is 0 Å². The maximum absolute atomic E-state index is 13.1. The van der Waals surface area contributed by atoms with Crippen LogP contribution in [0.25, 0.3) is 11.3 Å². The quantitative estimate of drug-likeness (QED) is 0.771. The van der Waals surface area contributed by atoms with Crippen molar-refractivity contribution in [3.05, 3.63) is 29.7 Å². The van der Waals surface area contributed by atoms with Crippen molar-refractivity contribution < 1.29 is 24.1 Å². The number of aromatic carboxylic acids is 1. The summed E-state index contributed by atoms with van der Waals surface area (Å²) >= 11 is 0. The summed E-state index contributed by atoms with van der Waals surface area (Å²) in [6.07, 6.45) is 0. The van der Waals surface area contributed by atoms with E-state index in [2.05, 4.69) is 10.2 Å². The molecule has 1 heterocycles. The number of hydrogen-bond acceptors (Lipinski definition) is 4. The number of phenols is 1. The number of halogens is 1. The number of H-pyrrole nitrogens is 1. The minimum atomic E-state index is -1.17. The maximum atomic E-state index is 13.1. The predicted octanol–water partition coefficient (Wildman–Crippen LogP) is 1.63. The van der Waals surface area contributed by atoms with Gasteiger partial charge in [0.15, 0.2) is 17.3 Å². The van der Waals surface area contributed by atoms with Crippen molar-refractivity contribution in [3.63, 3.8) is 0 Å². The second kappa shape index (κ2) is 4.36. The van der Waals surface area contributed by atoms with Gasteiger partial charge in [-0.05, 0) is 18.2 Å². The molecule has 6 nitrogen and oxygen atoms in total. The Labute approximate surface area is 101 Å². The Morgan fingerprint density at radius 3 is 2.78 bits per heavy atom. The highest BCUT2D eigenvalue weighted by atomic mass is 19.1. The van der Waals surface area contributed by atoms with Gasteiger partial charge in [-0.1, -0.05) is 0 Å². The standard InChI is InChI=1S/C11H9FN2O4/c1-18-10-5(2-3-6(12)9(10)15)7-4-8(11(16)17)14-13-7/h2-4,15H,1H3,(H,13,14)(H,16,17). The smallest absolute Gasteiger partial charge is 0.353 e. The summed E-state index contributed by atoms with van der Waals surface area (Å²) in [5.41, 5.74) is 0.413. The zero-order valence-electron chi connectivity index (χ0n) is 9.27. The molecular formula is C11H9FN2O4. The van der Waals surface area contributed by atoms with Crippen LogP contribution in [0.5, 0.6) is 11.5 Å². The molecule has 0 spiro atoms. The van der Waals surface area contributed by atoms with Crippen LogP contribution in [0.2, 0.25) is 0 Å². The maximum Gasteiger partial charge on any atom is 0.353 e. The molecule has 18 heavy (non-hydrogen) atoms. The second-order valence-electron chi connectivity index (χ2n) is 3.45. The first-order chi connectivity index (χ1) is 8.54. The van der Waals surface area contributed by atoms with E-state index in [-0.39, 0.29) is 17.1 Å². The third-order valence-corrected chi connectivity index (χ3v) is 2.37. The zero-order chi connectivity index (χ0) is 13.3. The fourth-order valence-corrected chi connectivity index (χ4v) is 1.52. The van der Waals surface area contributed by atoms with Gasteiger partial charge >= 0.3 is 5.97 Å². The van der Waals surface area contributed by atoms with E-state index in [1.165, 1.54) is 19.2 Å². The van der Waals surface area contributed by atoms with E-state index < -0.39 is 17.5 Å². The summed E-state index contributed by atoms with van der Waals surface area (Å²) in [4.78, 5) is 10.7. The number of carboxylic acids is 1. The lowest BCUT2D eigenvalue weighted by Crippen LogP contribution is -1.95. The predicted molar refractivity (Wildman–Crippen MR) is 59.2 cm³/mol. The molecule has 2 aromatic rings. The Balaban J connectivity index is 2.56. The van der Waals surface area contributed by atoms with E-state index in [0.717, 1.165) is 6.07 Å². The number of nitrogens with one attached hydrogen (secondary N) is 1. The van der Waals surface area contributed by atoms with Crippen LogP contribution in [0.1, 0.15) is 10.5 Å². The van der Waals surface area contributed by atoms with Crippen molar-refractivity contribution in [2.24, 2.45) is 0 Å². The first-order valence-corrected chi connectivity index (χ1v) is 4.89. The van der Waals surface area contributed by atoms with Gasteiger partial charge in [0.05, 0.1) is 12.8 Å². The van der Waals surface area contributed by atoms with E-state index in [1.807, 2.05) is 0 Å². The largest absolute Gasteiger partial charge is 0.502 e. The number of carbonyl (C=O) groups is 1. The Hall–Kier alpha value is -2.57. The van der Waals surface area contributed by atoms with Gasteiger partial charge in [-0.2, -0.15) is 5.10 Å².